The highest BCUT2D eigenvalue weighted by atomic mass is 19.1. The second-order valence-electron chi connectivity index (χ2n) is 5.65. The van der Waals surface area contributed by atoms with Gasteiger partial charge >= 0.3 is 5.97 Å². The van der Waals surface area contributed by atoms with Crippen molar-refractivity contribution in [2.45, 2.75) is 26.5 Å². The summed E-state index contributed by atoms with van der Waals surface area (Å²) in [5, 5.41) is 19.4. The molecule has 0 fully saturated rings. The van der Waals surface area contributed by atoms with E-state index in [-0.39, 0.29) is 18.8 Å². The lowest BCUT2D eigenvalue weighted by molar-refractivity contribution is 0.0690. The lowest BCUT2D eigenvalue weighted by Crippen LogP contribution is -2.07. The fourth-order valence-corrected chi connectivity index (χ4v) is 3.07. The molecular formula is C18H16F2N2O3. The van der Waals surface area contributed by atoms with Crippen molar-refractivity contribution >= 4 is 16.9 Å². The monoisotopic (exact) mass is 346 g/mol. The molecule has 0 spiro atoms. The highest BCUT2D eigenvalue weighted by Crippen LogP contribution is 2.28. The van der Waals surface area contributed by atoms with E-state index in [1.54, 1.807) is 4.57 Å². The average Bonchev–Trinajstić information content (AvgIpc) is 2.89. The molecule has 0 unspecified atom stereocenters. The molecule has 0 bridgehead atoms. The largest absolute Gasteiger partial charge is 0.477 e. The topological polar surface area (TPSA) is 75.3 Å². The van der Waals surface area contributed by atoms with Crippen molar-refractivity contribution < 1.29 is 23.8 Å². The number of nitrogens with zero attached hydrogens (tertiary/aromatic N) is 2. The number of aromatic carboxylic acids is 1. The van der Waals surface area contributed by atoms with Crippen LogP contribution in [0.3, 0.4) is 0 Å². The summed E-state index contributed by atoms with van der Waals surface area (Å²) in [4.78, 5) is 15.1. The summed E-state index contributed by atoms with van der Waals surface area (Å²) >= 11 is 0. The van der Waals surface area contributed by atoms with Crippen molar-refractivity contribution in [3.05, 3.63) is 64.6 Å². The van der Waals surface area contributed by atoms with Crippen LogP contribution in [0.1, 0.15) is 34.2 Å². The van der Waals surface area contributed by atoms with Gasteiger partial charge < -0.3 is 14.8 Å². The Kier molecular flexibility index (Phi) is 4.50. The predicted molar refractivity (Wildman–Crippen MR) is 87.5 cm³/mol. The zero-order valence-corrected chi connectivity index (χ0v) is 13.5. The number of rotatable bonds is 5. The molecular weight excluding hydrogens is 330 g/mol. The maximum Gasteiger partial charge on any atom is 0.354 e. The van der Waals surface area contributed by atoms with Crippen LogP contribution in [0, 0.1) is 11.6 Å². The van der Waals surface area contributed by atoms with Crippen molar-refractivity contribution in [2.24, 2.45) is 0 Å². The van der Waals surface area contributed by atoms with Crippen LogP contribution < -0.4 is 0 Å². The van der Waals surface area contributed by atoms with Crippen molar-refractivity contribution in [2.75, 3.05) is 0 Å². The molecule has 7 heteroatoms. The number of hydrogen-bond acceptors (Lipinski definition) is 3. The van der Waals surface area contributed by atoms with Gasteiger partial charge in [-0.1, -0.05) is 13.0 Å². The number of aliphatic hydroxyl groups is 1. The summed E-state index contributed by atoms with van der Waals surface area (Å²) in [6.45, 7) is 1.73. The van der Waals surface area contributed by atoms with Crippen molar-refractivity contribution in [3.63, 3.8) is 0 Å². The van der Waals surface area contributed by atoms with Crippen LogP contribution in [0.4, 0.5) is 8.78 Å². The van der Waals surface area contributed by atoms with Gasteiger partial charge in [0.25, 0.3) is 0 Å². The van der Waals surface area contributed by atoms with Crippen molar-refractivity contribution in [1.29, 1.82) is 0 Å². The van der Waals surface area contributed by atoms with Gasteiger partial charge in [0.15, 0.2) is 0 Å². The zero-order chi connectivity index (χ0) is 18.1. The number of halogens is 2. The first-order valence-corrected chi connectivity index (χ1v) is 7.74. The van der Waals surface area contributed by atoms with Gasteiger partial charge in [0.05, 0.1) is 24.9 Å². The average molecular weight is 346 g/mol. The maximum atomic E-state index is 14.0. The maximum absolute atomic E-state index is 14.0. The van der Waals surface area contributed by atoms with Crippen LogP contribution in [0.2, 0.25) is 0 Å². The number of fused-ring (bicyclic) bond motifs is 1. The minimum Gasteiger partial charge on any atom is -0.477 e. The van der Waals surface area contributed by atoms with E-state index in [0.717, 1.165) is 11.8 Å². The third kappa shape index (κ3) is 2.98. The highest BCUT2D eigenvalue weighted by molar-refractivity contribution is 5.93. The number of aliphatic hydroxyl groups excluding tert-OH is 1. The Bertz CT molecular complexity index is 967. The number of pyridine rings is 1. The molecule has 0 saturated carbocycles. The fraction of sp³-hybridized carbons (Fsp3) is 0.222. The number of aromatic nitrogens is 2. The van der Waals surface area contributed by atoms with Crippen LogP contribution in [0.15, 0.2) is 30.5 Å². The van der Waals surface area contributed by atoms with E-state index in [1.165, 1.54) is 24.4 Å². The van der Waals surface area contributed by atoms with E-state index >= 15 is 0 Å². The molecule has 1 aromatic carbocycles. The van der Waals surface area contributed by atoms with E-state index in [0.29, 0.717) is 28.5 Å². The smallest absolute Gasteiger partial charge is 0.354 e. The van der Waals surface area contributed by atoms with Crippen LogP contribution >= 0.6 is 0 Å². The summed E-state index contributed by atoms with van der Waals surface area (Å²) in [5.41, 5.74) is 2.10. The second-order valence-corrected chi connectivity index (χ2v) is 5.65. The van der Waals surface area contributed by atoms with Crippen LogP contribution in [0.25, 0.3) is 10.9 Å². The SMILES string of the molecule is CCc1c(CO)c2cc(C(=O)O)ncc2n1Cc1ccc(F)cc1F. The molecule has 2 heterocycles. The molecule has 2 N–H and O–H groups in total. The van der Waals surface area contributed by atoms with Crippen molar-refractivity contribution in [3.8, 4) is 0 Å². The molecule has 0 aliphatic rings. The molecule has 0 saturated heterocycles. The zero-order valence-electron chi connectivity index (χ0n) is 13.5. The predicted octanol–water partition coefficient (Wildman–Crippen LogP) is 3.12. The first-order valence-electron chi connectivity index (χ1n) is 7.74. The van der Waals surface area contributed by atoms with Crippen LogP contribution in [-0.2, 0) is 19.6 Å². The lowest BCUT2D eigenvalue weighted by atomic mass is 10.1. The minimum atomic E-state index is -1.17. The highest BCUT2D eigenvalue weighted by Gasteiger charge is 2.19. The molecule has 0 radical (unpaired) electrons. The van der Waals surface area contributed by atoms with E-state index in [2.05, 4.69) is 4.98 Å². The molecule has 130 valence electrons. The van der Waals surface area contributed by atoms with Crippen LogP contribution in [-0.4, -0.2) is 25.7 Å². The molecule has 0 aliphatic carbocycles. The third-order valence-corrected chi connectivity index (χ3v) is 4.23. The summed E-state index contributed by atoms with van der Waals surface area (Å²) in [6.07, 6.45) is 1.95. The molecule has 5 nitrogen and oxygen atoms in total. The Hall–Kier alpha value is -2.80. The fourth-order valence-electron chi connectivity index (χ4n) is 3.07. The van der Waals surface area contributed by atoms with E-state index in [1.807, 2.05) is 6.92 Å². The standard InChI is InChI=1S/C18H16F2N2O3/c1-2-16-13(9-23)12-6-15(18(24)25)21-7-17(12)22(16)8-10-3-4-11(19)5-14(10)20/h3-7,23H,2,8-9H2,1H3,(H,24,25). The Balaban J connectivity index is 2.21. The summed E-state index contributed by atoms with van der Waals surface area (Å²) in [5.74, 6) is -2.48. The van der Waals surface area contributed by atoms with E-state index in [9.17, 15) is 18.7 Å². The number of benzene rings is 1. The number of carboxylic acids is 1. The Morgan fingerprint density at radius 2 is 2.04 bits per heavy atom. The van der Waals surface area contributed by atoms with Gasteiger partial charge in [-0.2, -0.15) is 0 Å². The molecule has 0 aliphatic heterocycles. The number of carboxylic acid groups (broad SMARTS) is 1. The van der Waals surface area contributed by atoms with Gasteiger partial charge in [0.1, 0.15) is 17.3 Å². The second kappa shape index (κ2) is 6.60. The normalized spacial score (nSPS) is 11.2. The number of carbonyl (C=O) groups is 1. The lowest BCUT2D eigenvalue weighted by Gasteiger charge is -2.11. The summed E-state index contributed by atoms with van der Waals surface area (Å²) in [7, 11) is 0. The molecule has 3 aromatic rings. The summed E-state index contributed by atoms with van der Waals surface area (Å²) < 4.78 is 28.9. The quantitative estimate of drug-likeness (QED) is 0.744. The van der Waals surface area contributed by atoms with Gasteiger partial charge in [-0.3, -0.25) is 0 Å². The third-order valence-electron chi connectivity index (χ3n) is 4.23. The van der Waals surface area contributed by atoms with Gasteiger partial charge in [-0.15, -0.1) is 0 Å². The molecule has 0 atom stereocenters. The molecule has 2 aromatic heterocycles. The Labute approximate surface area is 142 Å². The van der Waals surface area contributed by atoms with Gasteiger partial charge in [0.2, 0.25) is 0 Å². The Morgan fingerprint density at radius 1 is 1.28 bits per heavy atom. The van der Waals surface area contributed by atoms with Gasteiger partial charge in [0, 0.05) is 28.3 Å². The summed E-state index contributed by atoms with van der Waals surface area (Å²) in [6, 6.07) is 4.78. The van der Waals surface area contributed by atoms with Gasteiger partial charge in [-0.25, -0.2) is 18.6 Å². The number of hydrogen-bond donors (Lipinski definition) is 2. The van der Waals surface area contributed by atoms with E-state index in [4.69, 9.17) is 5.11 Å². The first kappa shape index (κ1) is 17.0. The van der Waals surface area contributed by atoms with Crippen LogP contribution in [0.5, 0.6) is 0 Å². The first-order chi connectivity index (χ1) is 12.0. The minimum absolute atomic E-state index is 0.125. The van der Waals surface area contributed by atoms with Crippen molar-refractivity contribution in [1.82, 2.24) is 9.55 Å². The molecule has 25 heavy (non-hydrogen) atoms. The van der Waals surface area contributed by atoms with E-state index < -0.39 is 17.6 Å². The molecule has 3 rings (SSSR count). The molecule has 0 amide bonds. The Morgan fingerprint density at radius 3 is 2.64 bits per heavy atom. The van der Waals surface area contributed by atoms with Gasteiger partial charge in [-0.05, 0) is 18.6 Å².